The number of benzene rings is 2. The van der Waals surface area contributed by atoms with Crippen LogP contribution in [0.25, 0.3) is 0 Å². The van der Waals surface area contributed by atoms with E-state index in [4.69, 9.17) is 16.3 Å². The Hall–Kier alpha value is -2.09. The van der Waals surface area contributed by atoms with E-state index in [0.717, 1.165) is 37.9 Å². The first-order valence-corrected chi connectivity index (χ1v) is 14.4. The molecule has 0 radical (unpaired) electrons. The smallest absolute Gasteiger partial charge is 0.243 e. The first kappa shape index (κ1) is 26.0. The third kappa shape index (κ3) is 6.38. The molecule has 0 atom stereocenters. The van der Waals surface area contributed by atoms with Gasteiger partial charge in [-0.15, -0.1) is 0 Å². The van der Waals surface area contributed by atoms with E-state index in [9.17, 15) is 13.2 Å². The van der Waals surface area contributed by atoms with Gasteiger partial charge in [0.25, 0.3) is 0 Å². The summed E-state index contributed by atoms with van der Waals surface area (Å²) in [7, 11) is -3.58. The zero-order valence-corrected chi connectivity index (χ0v) is 22.0. The number of ether oxygens (including phenoxy) is 1. The van der Waals surface area contributed by atoms with E-state index in [0.29, 0.717) is 54.6 Å². The third-order valence-electron chi connectivity index (χ3n) is 7.35. The van der Waals surface area contributed by atoms with Crippen molar-refractivity contribution in [3.8, 4) is 5.75 Å². The Kier molecular flexibility index (Phi) is 8.40. The lowest BCUT2D eigenvalue weighted by molar-refractivity contribution is -0.136. The fourth-order valence-electron chi connectivity index (χ4n) is 4.96. The number of rotatable bonds is 8. The number of likely N-dealkylation sites (tertiary alicyclic amines) is 1. The minimum atomic E-state index is -3.58. The lowest BCUT2D eigenvalue weighted by Crippen LogP contribution is -2.48. The second-order valence-corrected chi connectivity index (χ2v) is 12.1. The van der Waals surface area contributed by atoms with Crippen LogP contribution < -0.4 is 4.74 Å². The molecule has 2 aromatic carbocycles. The molecule has 2 aromatic rings. The van der Waals surface area contributed by atoms with Gasteiger partial charge in [-0.25, -0.2) is 8.42 Å². The number of amides is 1. The van der Waals surface area contributed by atoms with Gasteiger partial charge < -0.3 is 9.64 Å². The summed E-state index contributed by atoms with van der Waals surface area (Å²) in [5.74, 6) is 0.848. The average molecular weight is 519 g/mol. The van der Waals surface area contributed by atoms with Crippen LogP contribution in [0.15, 0.2) is 53.4 Å². The van der Waals surface area contributed by atoms with E-state index in [1.807, 2.05) is 36.1 Å². The van der Waals surface area contributed by atoms with E-state index in [1.54, 1.807) is 28.6 Å². The molecule has 0 N–H and O–H groups in total. The molecule has 0 spiro atoms. The highest BCUT2D eigenvalue weighted by molar-refractivity contribution is 7.89. The monoisotopic (exact) mass is 518 g/mol. The predicted molar refractivity (Wildman–Crippen MR) is 138 cm³/mol. The van der Waals surface area contributed by atoms with Crippen LogP contribution in [0.3, 0.4) is 0 Å². The Morgan fingerprint density at radius 1 is 0.943 bits per heavy atom. The Labute approximate surface area is 214 Å². The highest BCUT2D eigenvalue weighted by Crippen LogP contribution is 2.38. The second kappa shape index (κ2) is 11.3. The molecule has 190 valence electrons. The van der Waals surface area contributed by atoms with E-state index in [-0.39, 0.29) is 5.91 Å². The summed E-state index contributed by atoms with van der Waals surface area (Å²) in [4.78, 5) is 15.5. The first-order chi connectivity index (χ1) is 16.8. The maximum absolute atomic E-state index is 13.3. The molecular formula is C27H35ClN2O4S. The zero-order valence-electron chi connectivity index (χ0n) is 20.4. The van der Waals surface area contributed by atoms with Gasteiger partial charge >= 0.3 is 0 Å². The second-order valence-electron chi connectivity index (χ2n) is 9.76. The van der Waals surface area contributed by atoms with Crippen molar-refractivity contribution in [2.24, 2.45) is 5.41 Å². The summed E-state index contributed by atoms with van der Waals surface area (Å²) >= 11 is 6.00. The van der Waals surface area contributed by atoms with Crippen LogP contribution in [-0.2, 0) is 21.2 Å². The van der Waals surface area contributed by atoms with Gasteiger partial charge in [-0.3, -0.25) is 4.79 Å². The van der Waals surface area contributed by atoms with Crippen LogP contribution in [0.4, 0.5) is 0 Å². The Bertz CT molecular complexity index is 1090. The quantitative estimate of drug-likeness (QED) is 0.484. The summed E-state index contributed by atoms with van der Waals surface area (Å²) in [6.45, 7) is 4.77. The lowest BCUT2D eigenvalue weighted by atomic mass is 9.76. The molecule has 0 aliphatic carbocycles. The minimum absolute atomic E-state index is 0.149. The van der Waals surface area contributed by atoms with Gasteiger partial charge in [-0.05, 0) is 80.5 Å². The molecule has 35 heavy (non-hydrogen) atoms. The number of piperidine rings is 2. The lowest BCUT2D eigenvalue weighted by Gasteiger charge is -2.42. The van der Waals surface area contributed by atoms with Crippen LogP contribution in [-0.4, -0.2) is 56.3 Å². The molecule has 0 aromatic heterocycles. The van der Waals surface area contributed by atoms with Gasteiger partial charge in [-0.2, -0.15) is 4.31 Å². The molecule has 2 fully saturated rings. The van der Waals surface area contributed by atoms with Crippen molar-refractivity contribution in [2.45, 2.75) is 56.8 Å². The number of sulfonamides is 1. The number of hydrogen-bond acceptors (Lipinski definition) is 4. The molecule has 0 unspecified atom stereocenters. The van der Waals surface area contributed by atoms with Gasteiger partial charge in [0.05, 0.1) is 11.5 Å². The van der Waals surface area contributed by atoms with E-state index in [1.165, 1.54) is 6.42 Å². The van der Waals surface area contributed by atoms with Crippen LogP contribution in [0.2, 0.25) is 5.02 Å². The molecule has 2 aliphatic heterocycles. The Balaban J connectivity index is 1.48. The molecule has 6 nitrogen and oxygen atoms in total. The van der Waals surface area contributed by atoms with E-state index in [2.05, 4.69) is 0 Å². The summed E-state index contributed by atoms with van der Waals surface area (Å²) < 4.78 is 34.3. The van der Waals surface area contributed by atoms with Crippen molar-refractivity contribution in [2.75, 3.05) is 32.8 Å². The number of halogens is 1. The van der Waals surface area contributed by atoms with Crippen LogP contribution in [0, 0.1) is 5.41 Å². The highest BCUT2D eigenvalue weighted by Gasteiger charge is 2.41. The number of hydrogen-bond donors (Lipinski definition) is 0. The van der Waals surface area contributed by atoms with Crippen molar-refractivity contribution in [3.63, 3.8) is 0 Å². The number of carbonyl (C=O) groups excluding carboxylic acids is 1. The summed E-state index contributed by atoms with van der Waals surface area (Å²) in [5, 5.41) is 0.637. The molecule has 1 amide bonds. The summed E-state index contributed by atoms with van der Waals surface area (Å²) in [6.07, 6.45) is 5.65. The summed E-state index contributed by atoms with van der Waals surface area (Å²) in [6, 6.07) is 14.3. The molecule has 0 bridgehead atoms. The molecule has 2 saturated heterocycles. The summed E-state index contributed by atoms with van der Waals surface area (Å²) in [5.41, 5.74) is 0.698. The number of carbonyl (C=O) groups is 1. The van der Waals surface area contributed by atoms with Gasteiger partial charge in [0, 0.05) is 43.0 Å². The highest BCUT2D eigenvalue weighted by atomic mass is 35.5. The normalized spacial score (nSPS) is 18.9. The van der Waals surface area contributed by atoms with Gasteiger partial charge in [0.15, 0.2) is 0 Å². The Morgan fingerprint density at radius 3 is 2.17 bits per heavy atom. The zero-order chi connectivity index (χ0) is 24.9. The molecule has 2 heterocycles. The Morgan fingerprint density at radius 2 is 1.57 bits per heavy atom. The molecule has 2 aliphatic rings. The van der Waals surface area contributed by atoms with Crippen LogP contribution >= 0.6 is 11.6 Å². The SMILES string of the molecule is CCc1ccc(S(=O)(=O)N2CCC(COc3ccc(Cl)cc3)(CC(=O)N3CCCCC3)CC2)cc1. The number of nitrogens with zero attached hydrogens (tertiary/aromatic N) is 2. The largest absolute Gasteiger partial charge is 0.493 e. The molecule has 4 rings (SSSR count). The van der Waals surface area contributed by atoms with Gasteiger partial charge in [0.2, 0.25) is 15.9 Å². The first-order valence-electron chi connectivity index (χ1n) is 12.6. The predicted octanol–water partition coefficient (Wildman–Crippen LogP) is 5.15. The van der Waals surface area contributed by atoms with Crippen molar-refractivity contribution in [3.05, 3.63) is 59.1 Å². The number of aryl methyl sites for hydroxylation is 1. The van der Waals surface area contributed by atoms with Crippen molar-refractivity contribution in [1.29, 1.82) is 0 Å². The van der Waals surface area contributed by atoms with Gasteiger partial charge in [-0.1, -0.05) is 30.7 Å². The van der Waals surface area contributed by atoms with E-state index >= 15 is 0 Å². The topological polar surface area (TPSA) is 66.9 Å². The van der Waals surface area contributed by atoms with Crippen molar-refractivity contribution in [1.82, 2.24) is 9.21 Å². The maximum Gasteiger partial charge on any atom is 0.243 e. The van der Waals surface area contributed by atoms with Crippen molar-refractivity contribution >= 4 is 27.5 Å². The fraction of sp³-hybridized carbons (Fsp3) is 0.519. The minimum Gasteiger partial charge on any atom is -0.493 e. The fourth-order valence-corrected chi connectivity index (χ4v) is 6.53. The standard InChI is InChI=1S/C27H35ClN2O4S/c1-2-22-6-12-25(13-7-22)35(32,33)30-18-14-27(15-19-30,20-26(31)29-16-4-3-5-17-29)21-34-24-10-8-23(28)9-11-24/h6-13H,2-5,14-21H2,1H3. The van der Waals surface area contributed by atoms with Crippen LogP contribution in [0.1, 0.15) is 51.0 Å². The van der Waals surface area contributed by atoms with Gasteiger partial charge in [0.1, 0.15) is 5.75 Å². The maximum atomic E-state index is 13.3. The third-order valence-corrected chi connectivity index (χ3v) is 9.51. The molecular weight excluding hydrogens is 484 g/mol. The van der Waals surface area contributed by atoms with Crippen molar-refractivity contribution < 1.29 is 17.9 Å². The molecule has 0 saturated carbocycles. The van der Waals surface area contributed by atoms with E-state index < -0.39 is 15.4 Å². The van der Waals surface area contributed by atoms with Crippen LogP contribution in [0.5, 0.6) is 5.75 Å². The molecule has 8 heteroatoms. The average Bonchev–Trinajstić information content (AvgIpc) is 2.89.